The van der Waals surface area contributed by atoms with Crippen LogP contribution in [-0.2, 0) is 6.42 Å². The molecule has 1 heterocycles. The van der Waals surface area contributed by atoms with E-state index < -0.39 is 0 Å². The Balaban J connectivity index is 2.44. The van der Waals surface area contributed by atoms with Gasteiger partial charge in [0.05, 0.1) is 4.88 Å². The number of hydrogen-bond acceptors (Lipinski definition) is 2. The smallest absolute Gasteiger partial charge is 0.259 e. The maximum absolute atomic E-state index is 11.5. The molecule has 0 bridgehead atoms. The Labute approximate surface area is 118 Å². The average Bonchev–Trinajstić information content (AvgIpc) is 2.84. The Morgan fingerprint density at radius 2 is 1.89 bits per heavy atom. The van der Waals surface area contributed by atoms with E-state index in [1.807, 2.05) is 0 Å². The summed E-state index contributed by atoms with van der Waals surface area (Å²) in [7, 11) is 0. The maximum atomic E-state index is 11.5. The molecule has 0 unspecified atom stereocenters. The van der Waals surface area contributed by atoms with Crippen LogP contribution < -0.4 is 5.73 Å². The zero-order valence-electron chi connectivity index (χ0n) is 11.6. The van der Waals surface area contributed by atoms with Crippen molar-refractivity contribution in [3.8, 4) is 10.4 Å². The van der Waals surface area contributed by atoms with Crippen LogP contribution in [0, 0.1) is 0 Å². The second kappa shape index (κ2) is 5.57. The minimum atomic E-state index is -0.329. The number of carbonyl (C=O) groups excluding carboxylic acids is 1. The van der Waals surface area contributed by atoms with Crippen molar-refractivity contribution in [2.24, 2.45) is 5.73 Å². The summed E-state index contributed by atoms with van der Waals surface area (Å²) in [5, 5.41) is 0. The molecule has 0 aliphatic rings. The number of benzene rings is 1. The molecule has 1 amide bonds. The summed E-state index contributed by atoms with van der Waals surface area (Å²) in [6, 6.07) is 10.6. The molecule has 3 heteroatoms. The fourth-order valence-electron chi connectivity index (χ4n) is 2.07. The Morgan fingerprint density at radius 3 is 2.32 bits per heavy atom. The van der Waals surface area contributed by atoms with Crippen LogP contribution in [0.1, 0.15) is 47.5 Å². The molecule has 100 valence electrons. The zero-order valence-corrected chi connectivity index (χ0v) is 12.4. The monoisotopic (exact) mass is 273 g/mol. The van der Waals surface area contributed by atoms with Gasteiger partial charge in [-0.2, -0.15) is 0 Å². The second-order valence-corrected chi connectivity index (χ2v) is 6.02. The van der Waals surface area contributed by atoms with Crippen molar-refractivity contribution >= 4 is 17.2 Å². The van der Waals surface area contributed by atoms with E-state index in [4.69, 9.17) is 5.73 Å². The number of amides is 1. The van der Waals surface area contributed by atoms with Gasteiger partial charge in [0.15, 0.2) is 0 Å². The van der Waals surface area contributed by atoms with Crippen LogP contribution in [0.2, 0.25) is 0 Å². The summed E-state index contributed by atoms with van der Waals surface area (Å²) < 4.78 is 0. The highest BCUT2D eigenvalue weighted by Gasteiger charge is 2.16. The third kappa shape index (κ3) is 2.87. The van der Waals surface area contributed by atoms with Gasteiger partial charge in [-0.05, 0) is 35.1 Å². The first-order valence-corrected chi connectivity index (χ1v) is 7.37. The second-order valence-electron chi connectivity index (χ2n) is 4.96. The normalized spacial score (nSPS) is 10.9. The van der Waals surface area contributed by atoms with Crippen LogP contribution in [-0.4, -0.2) is 5.91 Å². The third-order valence-electron chi connectivity index (χ3n) is 3.25. The molecule has 0 aliphatic carbocycles. The quantitative estimate of drug-likeness (QED) is 0.891. The van der Waals surface area contributed by atoms with E-state index in [-0.39, 0.29) is 5.91 Å². The summed E-state index contributed by atoms with van der Waals surface area (Å²) in [6.07, 6.45) is 1.04. The molecular formula is C16H19NOS. The number of aryl methyl sites for hydroxylation is 1. The van der Waals surface area contributed by atoms with Crippen molar-refractivity contribution in [2.75, 3.05) is 0 Å². The highest BCUT2D eigenvalue weighted by molar-refractivity contribution is 7.17. The lowest BCUT2D eigenvalue weighted by Gasteiger charge is -2.02. The van der Waals surface area contributed by atoms with Crippen LogP contribution >= 0.6 is 11.3 Å². The molecule has 0 radical (unpaired) electrons. The molecule has 0 saturated carbocycles. The lowest BCUT2D eigenvalue weighted by atomic mass is 10.0. The Hall–Kier alpha value is -1.61. The molecule has 2 N–H and O–H groups in total. The number of rotatable bonds is 4. The minimum absolute atomic E-state index is 0.308. The molecule has 0 aliphatic heterocycles. The topological polar surface area (TPSA) is 43.1 Å². The fraction of sp³-hybridized carbons (Fsp3) is 0.312. The molecule has 1 aromatic heterocycles. The van der Waals surface area contributed by atoms with Gasteiger partial charge in [-0.25, -0.2) is 0 Å². The molecule has 0 fully saturated rings. The van der Waals surface area contributed by atoms with E-state index in [2.05, 4.69) is 51.1 Å². The minimum Gasteiger partial charge on any atom is -0.365 e. The third-order valence-corrected chi connectivity index (χ3v) is 4.47. The number of nitrogens with two attached hydrogens (primary N) is 1. The van der Waals surface area contributed by atoms with Crippen LogP contribution in [0.3, 0.4) is 0 Å². The van der Waals surface area contributed by atoms with Gasteiger partial charge >= 0.3 is 0 Å². The van der Waals surface area contributed by atoms with E-state index in [1.165, 1.54) is 16.9 Å². The van der Waals surface area contributed by atoms with E-state index >= 15 is 0 Å². The van der Waals surface area contributed by atoms with E-state index in [0.717, 1.165) is 22.4 Å². The van der Waals surface area contributed by atoms with Crippen LogP contribution in [0.15, 0.2) is 30.3 Å². The van der Waals surface area contributed by atoms with Gasteiger partial charge in [-0.3, -0.25) is 4.79 Å². The Morgan fingerprint density at radius 1 is 1.26 bits per heavy atom. The molecular weight excluding hydrogens is 254 g/mol. The summed E-state index contributed by atoms with van der Waals surface area (Å²) in [4.78, 5) is 13.3. The summed E-state index contributed by atoms with van der Waals surface area (Å²) in [5.74, 6) is -0.0208. The van der Waals surface area contributed by atoms with Crippen LogP contribution in [0.5, 0.6) is 0 Å². The molecule has 0 spiro atoms. The standard InChI is InChI=1S/C16H19NOS/c1-4-11-5-7-12(8-6-11)14-9-13(10(2)3)15(19-14)16(17)18/h5-10H,4H2,1-3H3,(H2,17,18). The predicted octanol–water partition coefficient (Wildman–Crippen LogP) is 4.20. The highest BCUT2D eigenvalue weighted by atomic mass is 32.1. The molecule has 0 saturated heterocycles. The zero-order chi connectivity index (χ0) is 14.0. The SMILES string of the molecule is CCc1ccc(-c2cc(C(C)C)c(C(N)=O)s2)cc1. The van der Waals surface area contributed by atoms with Crippen molar-refractivity contribution < 1.29 is 4.79 Å². The largest absolute Gasteiger partial charge is 0.365 e. The fourth-order valence-corrected chi connectivity index (χ4v) is 3.25. The number of thiophene rings is 1. The molecule has 2 rings (SSSR count). The van der Waals surface area contributed by atoms with Crippen molar-refractivity contribution in [3.63, 3.8) is 0 Å². The van der Waals surface area contributed by atoms with Gasteiger partial charge in [0.1, 0.15) is 0 Å². The lowest BCUT2D eigenvalue weighted by molar-refractivity contribution is 0.100. The predicted molar refractivity (Wildman–Crippen MR) is 81.7 cm³/mol. The molecule has 19 heavy (non-hydrogen) atoms. The van der Waals surface area contributed by atoms with Gasteiger partial charge in [-0.1, -0.05) is 45.0 Å². The van der Waals surface area contributed by atoms with Gasteiger partial charge in [0.2, 0.25) is 0 Å². The first-order chi connectivity index (χ1) is 9.02. The number of hydrogen-bond donors (Lipinski definition) is 1. The average molecular weight is 273 g/mol. The van der Waals surface area contributed by atoms with Crippen molar-refractivity contribution in [1.82, 2.24) is 0 Å². The molecule has 1 aromatic carbocycles. The first-order valence-electron chi connectivity index (χ1n) is 6.55. The molecule has 2 aromatic rings. The summed E-state index contributed by atoms with van der Waals surface area (Å²) in [6.45, 7) is 6.30. The van der Waals surface area contributed by atoms with Gasteiger partial charge in [0, 0.05) is 4.88 Å². The number of primary amides is 1. The summed E-state index contributed by atoms with van der Waals surface area (Å²) >= 11 is 1.49. The van der Waals surface area contributed by atoms with Gasteiger partial charge < -0.3 is 5.73 Å². The van der Waals surface area contributed by atoms with Gasteiger partial charge in [-0.15, -0.1) is 11.3 Å². The Bertz CT molecular complexity index is 581. The molecule has 0 atom stereocenters. The van der Waals surface area contributed by atoms with Gasteiger partial charge in [0.25, 0.3) is 5.91 Å². The van der Waals surface area contributed by atoms with E-state index in [0.29, 0.717) is 10.8 Å². The lowest BCUT2D eigenvalue weighted by Crippen LogP contribution is -2.11. The highest BCUT2D eigenvalue weighted by Crippen LogP contribution is 2.35. The van der Waals surface area contributed by atoms with Crippen molar-refractivity contribution in [2.45, 2.75) is 33.1 Å². The maximum Gasteiger partial charge on any atom is 0.259 e. The summed E-state index contributed by atoms with van der Waals surface area (Å²) in [5.41, 5.74) is 8.98. The first kappa shape index (κ1) is 13.8. The van der Waals surface area contributed by atoms with Crippen LogP contribution in [0.4, 0.5) is 0 Å². The van der Waals surface area contributed by atoms with Crippen LogP contribution in [0.25, 0.3) is 10.4 Å². The number of carbonyl (C=O) groups is 1. The van der Waals surface area contributed by atoms with E-state index in [1.54, 1.807) is 0 Å². The molecule has 2 nitrogen and oxygen atoms in total. The van der Waals surface area contributed by atoms with Crippen molar-refractivity contribution in [1.29, 1.82) is 0 Å². The van der Waals surface area contributed by atoms with Crippen molar-refractivity contribution in [3.05, 3.63) is 46.3 Å². The Kier molecular flexibility index (Phi) is 4.05. The van der Waals surface area contributed by atoms with E-state index in [9.17, 15) is 4.79 Å².